The number of fused-ring (bicyclic) bond motifs is 1. The van der Waals surface area contributed by atoms with Crippen molar-refractivity contribution in [1.29, 1.82) is 0 Å². The summed E-state index contributed by atoms with van der Waals surface area (Å²) in [4.78, 5) is 0. The van der Waals surface area contributed by atoms with Gasteiger partial charge in [-0.15, -0.1) is 0 Å². The van der Waals surface area contributed by atoms with Gasteiger partial charge in [-0.05, 0) is 35.1 Å². The van der Waals surface area contributed by atoms with E-state index in [1.165, 1.54) is 17.7 Å². The van der Waals surface area contributed by atoms with Gasteiger partial charge in [-0.2, -0.15) is 0 Å². The Labute approximate surface area is 131 Å². The fraction of sp³-hybridized carbons (Fsp3) is 0.294. The van der Waals surface area contributed by atoms with Gasteiger partial charge in [0.05, 0.1) is 6.04 Å². The molecule has 1 aliphatic carbocycles. The van der Waals surface area contributed by atoms with Crippen molar-refractivity contribution in [2.45, 2.75) is 26.3 Å². The molecule has 0 saturated carbocycles. The topological polar surface area (TPSA) is 12.0 Å². The highest BCUT2D eigenvalue weighted by Gasteiger charge is 2.39. The van der Waals surface area contributed by atoms with Gasteiger partial charge in [-0.25, -0.2) is 8.78 Å². The minimum atomic E-state index is -0.581. The Balaban J connectivity index is 2.02. The van der Waals surface area contributed by atoms with Crippen molar-refractivity contribution in [1.82, 2.24) is 0 Å². The van der Waals surface area contributed by atoms with Crippen molar-refractivity contribution < 1.29 is 8.78 Å². The Kier molecular flexibility index (Phi) is 3.52. The molecule has 1 nitrogen and oxygen atoms in total. The maximum atomic E-state index is 14.1. The fourth-order valence-corrected chi connectivity index (χ4v) is 3.49. The third-order valence-electron chi connectivity index (χ3n) is 4.09. The summed E-state index contributed by atoms with van der Waals surface area (Å²) in [6.45, 7) is 4.22. The molecule has 1 unspecified atom stereocenters. The molecule has 110 valence electrons. The van der Waals surface area contributed by atoms with Gasteiger partial charge in [0.1, 0.15) is 17.3 Å². The van der Waals surface area contributed by atoms with Gasteiger partial charge in [-0.1, -0.05) is 54.0 Å². The number of hydrogen-bond acceptors (Lipinski definition) is 1. The molecular formula is C17H16BrF2N. The Bertz CT molecular complexity index is 674. The van der Waals surface area contributed by atoms with Crippen LogP contribution in [0.4, 0.5) is 14.5 Å². The largest absolute Gasteiger partial charge is 0.373 e. The quantitative estimate of drug-likeness (QED) is 0.757. The maximum Gasteiger partial charge on any atom is 0.150 e. The van der Waals surface area contributed by atoms with Crippen LogP contribution in [0.5, 0.6) is 0 Å². The number of nitrogens with one attached hydrogen (secondary N) is 1. The van der Waals surface area contributed by atoms with E-state index in [1.807, 2.05) is 18.2 Å². The normalized spacial score (nSPS) is 19.4. The van der Waals surface area contributed by atoms with Gasteiger partial charge in [0.15, 0.2) is 0 Å². The molecule has 1 N–H and O–H groups in total. The Morgan fingerprint density at radius 2 is 1.76 bits per heavy atom. The van der Waals surface area contributed by atoms with Gasteiger partial charge in [-0.3, -0.25) is 0 Å². The van der Waals surface area contributed by atoms with E-state index in [-0.39, 0.29) is 17.1 Å². The molecule has 0 amide bonds. The highest BCUT2D eigenvalue weighted by molar-refractivity contribution is 9.10. The first-order valence-electron chi connectivity index (χ1n) is 6.87. The summed E-state index contributed by atoms with van der Waals surface area (Å²) in [5, 5.41) is 3.08. The minimum Gasteiger partial charge on any atom is -0.373 e. The third-order valence-corrected chi connectivity index (χ3v) is 4.55. The second-order valence-corrected chi connectivity index (χ2v) is 7.10. The Hall–Kier alpha value is -1.42. The average Bonchev–Trinajstić information content (AvgIpc) is 2.63. The molecule has 0 saturated heterocycles. The molecule has 0 radical (unpaired) electrons. The highest BCUT2D eigenvalue weighted by atomic mass is 79.9. The molecule has 1 aliphatic rings. The van der Waals surface area contributed by atoms with Crippen LogP contribution in [0.1, 0.15) is 31.0 Å². The van der Waals surface area contributed by atoms with Crippen molar-refractivity contribution in [3.63, 3.8) is 0 Å². The van der Waals surface area contributed by atoms with Crippen molar-refractivity contribution in [3.8, 4) is 0 Å². The summed E-state index contributed by atoms with van der Waals surface area (Å²) < 4.78 is 28.5. The molecule has 0 aliphatic heterocycles. The Morgan fingerprint density at radius 3 is 2.43 bits per heavy atom. The van der Waals surface area contributed by atoms with E-state index in [0.29, 0.717) is 4.47 Å². The lowest BCUT2D eigenvalue weighted by molar-refractivity contribution is 0.335. The molecule has 2 aromatic carbocycles. The van der Waals surface area contributed by atoms with E-state index in [2.05, 4.69) is 41.2 Å². The monoisotopic (exact) mass is 351 g/mol. The number of benzene rings is 2. The Morgan fingerprint density at radius 1 is 1.14 bits per heavy atom. The zero-order chi connectivity index (χ0) is 15.2. The maximum absolute atomic E-state index is 14.1. The van der Waals surface area contributed by atoms with Crippen LogP contribution in [-0.2, 0) is 6.42 Å². The molecule has 0 spiro atoms. The van der Waals surface area contributed by atoms with E-state index < -0.39 is 11.6 Å². The second kappa shape index (κ2) is 5.09. The summed E-state index contributed by atoms with van der Waals surface area (Å²) in [6.07, 6.45) is 0.889. The van der Waals surface area contributed by atoms with Gasteiger partial charge in [0, 0.05) is 4.47 Å². The van der Waals surface area contributed by atoms with Gasteiger partial charge in [0.25, 0.3) is 0 Å². The van der Waals surface area contributed by atoms with Crippen molar-refractivity contribution in [2.24, 2.45) is 5.41 Å². The lowest BCUT2D eigenvalue weighted by Gasteiger charge is -2.29. The zero-order valence-corrected chi connectivity index (χ0v) is 13.5. The molecule has 0 heterocycles. The molecule has 21 heavy (non-hydrogen) atoms. The fourth-order valence-electron chi connectivity index (χ4n) is 3.09. The summed E-state index contributed by atoms with van der Waals surface area (Å²) in [6, 6.07) is 10.5. The number of halogens is 3. The summed E-state index contributed by atoms with van der Waals surface area (Å²) in [7, 11) is 0. The van der Waals surface area contributed by atoms with Crippen LogP contribution in [0.15, 0.2) is 40.9 Å². The van der Waals surface area contributed by atoms with Crippen LogP contribution in [0.2, 0.25) is 0 Å². The predicted octanol–water partition coefficient (Wildman–Crippen LogP) is 5.46. The highest BCUT2D eigenvalue weighted by Crippen LogP contribution is 2.47. The van der Waals surface area contributed by atoms with E-state index in [0.717, 1.165) is 12.0 Å². The van der Waals surface area contributed by atoms with Crippen molar-refractivity contribution in [3.05, 3.63) is 63.6 Å². The van der Waals surface area contributed by atoms with Crippen molar-refractivity contribution >= 4 is 21.6 Å². The van der Waals surface area contributed by atoms with Crippen LogP contribution in [0.3, 0.4) is 0 Å². The van der Waals surface area contributed by atoms with Gasteiger partial charge < -0.3 is 5.32 Å². The average molecular weight is 352 g/mol. The minimum absolute atomic E-state index is 0.0621. The lowest BCUT2D eigenvalue weighted by Crippen LogP contribution is -2.25. The molecule has 0 fully saturated rings. The predicted molar refractivity (Wildman–Crippen MR) is 84.3 cm³/mol. The molecule has 3 rings (SSSR count). The smallest absolute Gasteiger partial charge is 0.150 e. The molecular weight excluding hydrogens is 336 g/mol. The molecule has 0 bridgehead atoms. The van der Waals surface area contributed by atoms with E-state index in [4.69, 9.17) is 0 Å². The molecule has 4 heteroatoms. The molecule has 2 aromatic rings. The van der Waals surface area contributed by atoms with Gasteiger partial charge >= 0.3 is 0 Å². The second-order valence-electron chi connectivity index (χ2n) is 6.19. The molecule has 0 aromatic heterocycles. The lowest BCUT2D eigenvalue weighted by atomic mass is 9.85. The van der Waals surface area contributed by atoms with Crippen LogP contribution in [0.25, 0.3) is 0 Å². The van der Waals surface area contributed by atoms with E-state index in [9.17, 15) is 8.78 Å². The first-order valence-corrected chi connectivity index (χ1v) is 7.67. The zero-order valence-electron chi connectivity index (χ0n) is 11.9. The van der Waals surface area contributed by atoms with Crippen LogP contribution < -0.4 is 5.32 Å². The van der Waals surface area contributed by atoms with Crippen LogP contribution in [0, 0.1) is 17.0 Å². The van der Waals surface area contributed by atoms with Crippen molar-refractivity contribution in [2.75, 3.05) is 5.32 Å². The first-order chi connectivity index (χ1) is 9.88. The number of hydrogen-bond donors (Lipinski definition) is 1. The van der Waals surface area contributed by atoms with Crippen LogP contribution >= 0.6 is 15.9 Å². The van der Waals surface area contributed by atoms with E-state index >= 15 is 0 Å². The first kappa shape index (κ1) is 14.5. The SMILES string of the molecule is CC1(C)Cc2ccccc2C1Nc1c(F)cc(Br)cc1F. The number of rotatable bonds is 2. The standard InChI is InChI=1S/C17H16BrF2N/c1-17(2)9-10-5-3-4-6-12(10)16(17)21-15-13(19)7-11(18)8-14(15)20/h3-8,16,21H,9H2,1-2H3. The third kappa shape index (κ3) is 2.57. The number of anilines is 1. The van der Waals surface area contributed by atoms with E-state index in [1.54, 1.807) is 0 Å². The summed E-state index contributed by atoms with van der Waals surface area (Å²) in [5.74, 6) is -1.16. The van der Waals surface area contributed by atoms with Crippen LogP contribution in [-0.4, -0.2) is 0 Å². The molecule has 1 atom stereocenters. The summed E-state index contributed by atoms with van der Waals surface area (Å²) in [5.41, 5.74) is 2.19. The van der Waals surface area contributed by atoms with Gasteiger partial charge in [0.2, 0.25) is 0 Å². The summed E-state index contributed by atoms with van der Waals surface area (Å²) >= 11 is 3.10.